The van der Waals surface area contributed by atoms with Crippen molar-refractivity contribution in [3.63, 3.8) is 0 Å². The summed E-state index contributed by atoms with van der Waals surface area (Å²) in [4.78, 5) is 19.2. The zero-order chi connectivity index (χ0) is 12.4. The van der Waals surface area contributed by atoms with Gasteiger partial charge in [0.05, 0.1) is 10.6 Å². The van der Waals surface area contributed by atoms with E-state index in [4.69, 9.17) is 0 Å². The number of nitrogens with zero attached hydrogens (tertiary/aromatic N) is 2. The van der Waals surface area contributed by atoms with Crippen molar-refractivity contribution in [1.29, 1.82) is 0 Å². The summed E-state index contributed by atoms with van der Waals surface area (Å²) in [6.45, 7) is 6.89. The maximum Gasteiger partial charge on any atom is 0.186 e. The minimum atomic E-state index is 0.133. The van der Waals surface area contributed by atoms with Crippen LogP contribution in [0.3, 0.4) is 0 Å². The van der Waals surface area contributed by atoms with Gasteiger partial charge in [0.25, 0.3) is 0 Å². The van der Waals surface area contributed by atoms with Crippen LogP contribution in [0.5, 0.6) is 0 Å². The van der Waals surface area contributed by atoms with E-state index in [9.17, 15) is 4.79 Å². The predicted octanol–water partition coefficient (Wildman–Crippen LogP) is 3.42. The van der Waals surface area contributed by atoms with Crippen LogP contribution >= 0.6 is 11.3 Å². The van der Waals surface area contributed by atoms with Crippen molar-refractivity contribution >= 4 is 22.3 Å². The van der Waals surface area contributed by atoms with E-state index in [1.807, 2.05) is 6.92 Å². The Morgan fingerprint density at radius 3 is 2.82 bits per heavy atom. The van der Waals surface area contributed by atoms with Gasteiger partial charge >= 0.3 is 0 Å². The Bertz CT molecular complexity index is 414. The molecule has 0 amide bonds. The number of carbonyl (C=O) groups is 1. The van der Waals surface area contributed by atoms with Crippen LogP contribution in [0.15, 0.2) is 0 Å². The zero-order valence-electron chi connectivity index (χ0n) is 10.8. The molecule has 0 aromatic carbocycles. The van der Waals surface area contributed by atoms with E-state index in [1.54, 1.807) is 18.3 Å². The number of hydrogen-bond acceptors (Lipinski definition) is 4. The van der Waals surface area contributed by atoms with E-state index in [2.05, 4.69) is 16.8 Å². The lowest BCUT2D eigenvalue weighted by molar-refractivity contribution is 0.102. The molecule has 0 spiro atoms. The third-order valence-corrected chi connectivity index (χ3v) is 4.70. The summed E-state index contributed by atoms with van der Waals surface area (Å²) in [6, 6.07) is 0.544. The molecule has 4 heteroatoms. The molecule has 1 aliphatic heterocycles. The number of carbonyl (C=O) groups excluding carboxylic acids is 1. The first-order chi connectivity index (χ1) is 8.09. The number of rotatable bonds is 2. The maximum atomic E-state index is 11.5. The topological polar surface area (TPSA) is 33.2 Å². The molecule has 1 aromatic rings. The summed E-state index contributed by atoms with van der Waals surface area (Å²) in [6.07, 6.45) is 5.08. The minimum Gasteiger partial charge on any atom is -0.345 e. The van der Waals surface area contributed by atoms with Gasteiger partial charge in [0.15, 0.2) is 10.9 Å². The molecule has 17 heavy (non-hydrogen) atoms. The van der Waals surface area contributed by atoms with Crippen molar-refractivity contribution in [3.8, 4) is 0 Å². The largest absolute Gasteiger partial charge is 0.345 e. The highest BCUT2D eigenvalue weighted by atomic mass is 32.1. The van der Waals surface area contributed by atoms with Crippen LogP contribution in [0.25, 0.3) is 0 Å². The quantitative estimate of drug-likeness (QED) is 0.756. The van der Waals surface area contributed by atoms with E-state index in [0.717, 1.165) is 22.2 Å². The molecule has 0 N–H and O–H groups in total. The second-order valence-corrected chi connectivity index (χ2v) is 5.84. The average Bonchev–Trinajstić information content (AvgIpc) is 2.51. The van der Waals surface area contributed by atoms with Gasteiger partial charge in [-0.25, -0.2) is 4.98 Å². The molecular formula is C13H20N2OS. The van der Waals surface area contributed by atoms with Crippen molar-refractivity contribution in [3.05, 3.63) is 10.6 Å². The Labute approximate surface area is 107 Å². The van der Waals surface area contributed by atoms with Gasteiger partial charge in [0.2, 0.25) is 0 Å². The number of ketones is 1. The molecule has 2 rings (SSSR count). The fraction of sp³-hybridized carbons (Fsp3) is 0.692. The zero-order valence-corrected chi connectivity index (χ0v) is 11.6. The number of Topliss-reactive ketones (excluding diaryl/α,β-unsaturated/α-hetero) is 1. The molecule has 3 nitrogen and oxygen atoms in total. The smallest absolute Gasteiger partial charge is 0.186 e. The van der Waals surface area contributed by atoms with Crippen LogP contribution < -0.4 is 4.90 Å². The number of thiazole rings is 1. The van der Waals surface area contributed by atoms with Crippen LogP contribution in [0.1, 0.15) is 54.9 Å². The number of anilines is 1. The first-order valence-electron chi connectivity index (χ1n) is 6.34. The molecular weight excluding hydrogens is 232 g/mol. The van der Waals surface area contributed by atoms with Gasteiger partial charge < -0.3 is 4.90 Å². The van der Waals surface area contributed by atoms with Crippen LogP contribution in [0, 0.1) is 6.92 Å². The van der Waals surface area contributed by atoms with Crippen molar-refractivity contribution in [2.45, 2.75) is 52.5 Å². The molecule has 0 bridgehead atoms. The first kappa shape index (κ1) is 12.6. The summed E-state index contributed by atoms with van der Waals surface area (Å²) >= 11 is 1.55. The van der Waals surface area contributed by atoms with Gasteiger partial charge in [0.1, 0.15) is 0 Å². The summed E-state index contributed by atoms with van der Waals surface area (Å²) in [7, 11) is 0. The number of aromatic nitrogens is 1. The highest BCUT2D eigenvalue weighted by molar-refractivity contribution is 7.17. The van der Waals surface area contributed by atoms with Gasteiger partial charge in [-0.15, -0.1) is 0 Å². The third-order valence-electron chi connectivity index (χ3n) is 3.40. The van der Waals surface area contributed by atoms with Gasteiger partial charge in [-0.1, -0.05) is 24.2 Å². The maximum absolute atomic E-state index is 11.5. The summed E-state index contributed by atoms with van der Waals surface area (Å²) in [5, 5.41) is 1.03. The lowest BCUT2D eigenvalue weighted by Crippen LogP contribution is -2.32. The van der Waals surface area contributed by atoms with Gasteiger partial charge in [-0.05, 0) is 26.7 Å². The fourth-order valence-electron chi connectivity index (χ4n) is 2.39. The Morgan fingerprint density at radius 1 is 1.41 bits per heavy atom. The Balaban J connectivity index is 2.26. The lowest BCUT2D eigenvalue weighted by atomic mass is 10.1. The second-order valence-electron chi connectivity index (χ2n) is 4.86. The molecule has 0 aliphatic carbocycles. The molecule has 1 aromatic heterocycles. The van der Waals surface area contributed by atoms with E-state index >= 15 is 0 Å². The molecule has 1 unspecified atom stereocenters. The second kappa shape index (κ2) is 5.17. The SMILES string of the molecule is CC(=O)c1sc(N2CCCCCC2C)nc1C. The molecule has 0 radical (unpaired) electrons. The highest BCUT2D eigenvalue weighted by Crippen LogP contribution is 2.30. The Morgan fingerprint density at radius 2 is 2.18 bits per heavy atom. The molecule has 1 saturated heterocycles. The molecule has 0 saturated carbocycles. The van der Waals surface area contributed by atoms with Gasteiger partial charge in [-0.2, -0.15) is 0 Å². The van der Waals surface area contributed by atoms with Crippen LogP contribution in [-0.2, 0) is 0 Å². The van der Waals surface area contributed by atoms with Crippen molar-refractivity contribution < 1.29 is 4.79 Å². The van der Waals surface area contributed by atoms with Crippen molar-refractivity contribution in [2.75, 3.05) is 11.4 Å². The average molecular weight is 252 g/mol. The number of hydrogen-bond donors (Lipinski definition) is 0. The molecule has 1 aliphatic rings. The van der Waals surface area contributed by atoms with E-state index in [1.165, 1.54) is 25.7 Å². The van der Waals surface area contributed by atoms with E-state index in [-0.39, 0.29) is 5.78 Å². The monoisotopic (exact) mass is 252 g/mol. The number of aryl methyl sites for hydroxylation is 1. The fourth-order valence-corrected chi connectivity index (χ4v) is 3.48. The molecule has 1 fully saturated rings. The van der Waals surface area contributed by atoms with Gasteiger partial charge in [0, 0.05) is 19.5 Å². The van der Waals surface area contributed by atoms with Crippen molar-refractivity contribution in [2.24, 2.45) is 0 Å². The highest BCUT2D eigenvalue weighted by Gasteiger charge is 2.22. The van der Waals surface area contributed by atoms with Crippen molar-refractivity contribution in [1.82, 2.24) is 4.98 Å². The normalized spacial score (nSPS) is 21.4. The lowest BCUT2D eigenvalue weighted by Gasteiger charge is -2.26. The van der Waals surface area contributed by atoms with Gasteiger partial charge in [-0.3, -0.25) is 4.79 Å². The summed E-state index contributed by atoms with van der Waals surface area (Å²) in [5.41, 5.74) is 0.883. The van der Waals surface area contributed by atoms with Crippen LogP contribution in [-0.4, -0.2) is 23.4 Å². The van der Waals surface area contributed by atoms with Crippen LogP contribution in [0.2, 0.25) is 0 Å². The van der Waals surface area contributed by atoms with E-state index in [0.29, 0.717) is 6.04 Å². The Hall–Kier alpha value is -0.900. The predicted molar refractivity (Wildman–Crippen MR) is 72.1 cm³/mol. The standard InChI is InChI=1S/C13H20N2OS/c1-9-7-5-4-6-8-15(9)13-14-10(2)12(17-13)11(3)16/h9H,4-8H2,1-3H3. The van der Waals surface area contributed by atoms with E-state index < -0.39 is 0 Å². The minimum absolute atomic E-state index is 0.133. The first-order valence-corrected chi connectivity index (χ1v) is 7.16. The third kappa shape index (κ3) is 2.68. The molecule has 1 atom stereocenters. The molecule has 2 heterocycles. The summed E-state index contributed by atoms with van der Waals surface area (Å²) in [5.74, 6) is 0.133. The summed E-state index contributed by atoms with van der Waals surface area (Å²) < 4.78 is 0. The van der Waals surface area contributed by atoms with Crippen LogP contribution in [0.4, 0.5) is 5.13 Å². The Kier molecular flexibility index (Phi) is 3.82. The molecule has 94 valence electrons.